The van der Waals surface area contributed by atoms with Gasteiger partial charge in [-0.2, -0.15) is 0 Å². The number of rotatable bonds is 2. The van der Waals surface area contributed by atoms with Gasteiger partial charge in [-0.25, -0.2) is 0 Å². The van der Waals surface area contributed by atoms with E-state index in [-0.39, 0.29) is 30.2 Å². The van der Waals surface area contributed by atoms with Crippen molar-refractivity contribution >= 4 is 0 Å². The third kappa shape index (κ3) is 2.91. The zero-order valence-corrected chi connectivity index (χ0v) is 12.1. The summed E-state index contributed by atoms with van der Waals surface area (Å²) in [7, 11) is 0. The first-order valence-corrected chi connectivity index (χ1v) is 6.68. The molecular formula is C15H23NO3. The number of nitrogens with zero attached hydrogens (tertiary/aromatic N) is 1. The lowest BCUT2D eigenvalue weighted by Gasteiger charge is -2.33. The summed E-state index contributed by atoms with van der Waals surface area (Å²) >= 11 is 0. The number of aromatic hydroxyl groups is 1. The summed E-state index contributed by atoms with van der Waals surface area (Å²) in [6.07, 6.45) is 0.0523. The number of phenols is 1. The Hall–Kier alpha value is -1.10. The number of hydrogen-bond donors (Lipinski definition) is 2. The minimum absolute atomic E-state index is 0.0138. The van der Waals surface area contributed by atoms with Gasteiger partial charge >= 0.3 is 0 Å². The van der Waals surface area contributed by atoms with Crippen molar-refractivity contribution in [1.29, 1.82) is 0 Å². The Labute approximate surface area is 114 Å². The van der Waals surface area contributed by atoms with E-state index < -0.39 is 0 Å². The monoisotopic (exact) mass is 265 g/mol. The highest BCUT2D eigenvalue weighted by Gasteiger charge is 2.37. The third-order valence-corrected chi connectivity index (χ3v) is 3.67. The molecule has 0 aromatic heterocycles. The molecule has 4 heteroatoms. The first kappa shape index (κ1) is 14.3. The zero-order valence-electron chi connectivity index (χ0n) is 12.1. The second-order valence-corrected chi connectivity index (χ2v) is 6.09. The lowest BCUT2D eigenvalue weighted by atomic mass is 10.0. The molecule has 1 aromatic carbocycles. The third-order valence-electron chi connectivity index (χ3n) is 3.67. The number of benzene rings is 1. The number of ether oxygens (including phenoxy) is 1. The molecule has 0 spiro atoms. The summed E-state index contributed by atoms with van der Waals surface area (Å²) in [6, 6.07) is 5.30. The van der Waals surface area contributed by atoms with E-state index in [2.05, 4.69) is 32.6 Å². The molecule has 2 atom stereocenters. The number of aliphatic hydroxyl groups excluding tert-OH is 1. The Morgan fingerprint density at radius 3 is 2.58 bits per heavy atom. The molecule has 1 aliphatic heterocycles. The fourth-order valence-electron chi connectivity index (χ4n) is 2.62. The largest absolute Gasteiger partial charge is 0.508 e. The van der Waals surface area contributed by atoms with Gasteiger partial charge in [0.1, 0.15) is 12.0 Å². The van der Waals surface area contributed by atoms with Crippen LogP contribution in [-0.4, -0.2) is 33.4 Å². The summed E-state index contributed by atoms with van der Waals surface area (Å²) in [5.74, 6) is 0.130. The predicted molar refractivity (Wildman–Crippen MR) is 73.8 cm³/mol. The molecular weight excluding hydrogens is 242 g/mol. The van der Waals surface area contributed by atoms with Crippen LogP contribution in [0.5, 0.6) is 5.75 Å². The van der Waals surface area contributed by atoms with Crippen LogP contribution in [0.3, 0.4) is 0 Å². The van der Waals surface area contributed by atoms with Crippen LogP contribution in [0.1, 0.15) is 44.9 Å². The van der Waals surface area contributed by atoms with Crippen molar-refractivity contribution in [2.45, 2.75) is 52.2 Å². The fraction of sp³-hybridized carbons (Fsp3) is 0.600. The molecule has 1 aromatic rings. The van der Waals surface area contributed by atoms with Gasteiger partial charge in [-0.05, 0) is 45.4 Å². The molecule has 1 heterocycles. The molecule has 0 saturated carbocycles. The SMILES string of the molecule is CC1OC(c2ccc(O)c(CO)c2)CN1C(C)(C)C. The van der Waals surface area contributed by atoms with Crippen molar-refractivity contribution in [3.63, 3.8) is 0 Å². The average molecular weight is 265 g/mol. The van der Waals surface area contributed by atoms with Crippen LogP contribution in [0.2, 0.25) is 0 Å². The Morgan fingerprint density at radius 1 is 1.37 bits per heavy atom. The maximum Gasteiger partial charge on any atom is 0.121 e. The Morgan fingerprint density at radius 2 is 2.05 bits per heavy atom. The highest BCUT2D eigenvalue weighted by Crippen LogP contribution is 2.34. The van der Waals surface area contributed by atoms with Crippen LogP contribution in [-0.2, 0) is 11.3 Å². The Balaban J connectivity index is 2.21. The molecule has 2 rings (SSSR count). The van der Waals surface area contributed by atoms with Crippen molar-refractivity contribution in [2.24, 2.45) is 0 Å². The van der Waals surface area contributed by atoms with E-state index in [9.17, 15) is 10.2 Å². The van der Waals surface area contributed by atoms with Gasteiger partial charge in [-0.1, -0.05) is 6.07 Å². The topological polar surface area (TPSA) is 52.9 Å². The Bertz CT molecular complexity index is 453. The van der Waals surface area contributed by atoms with Crippen LogP contribution >= 0.6 is 0 Å². The minimum atomic E-state index is -0.162. The number of hydrogen-bond acceptors (Lipinski definition) is 4. The van der Waals surface area contributed by atoms with Crippen molar-refractivity contribution in [1.82, 2.24) is 4.90 Å². The minimum Gasteiger partial charge on any atom is -0.508 e. The van der Waals surface area contributed by atoms with Crippen LogP contribution in [0, 0.1) is 0 Å². The van der Waals surface area contributed by atoms with Crippen LogP contribution < -0.4 is 0 Å². The number of aliphatic hydroxyl groups is 1. The van der Waals surface area contributed by atoms with Crippen molar-refractivity contribution < 1.29 is 14.9 Å². The molecule has 2 unspecified atom stereocenters. The van der Waals surface area contributed by atoms with Crippen molar-refractivity contribution in [3.8, 4) is 5.75 Å². The van der Waals surface area contributed by atoms with E-state index in [4.69, 9.17) is 4.74 Å². The summed E-state index contributed by atoms with van der Waals surface area (Å²) in [5, 5.41) is 18.8. The molecule has 0 amide bonds. The molecule has 0 bridgehead atoms. The van der Waals surface area contributed by atoms with E-state index in [1.165, 1.54) is 0 Å². The van der Waals surface area contributed by atoms with E-state index in [0.29, 0.717) is 5.56 Å². The molecule has 19 heavy (non-hydrogen) atoms. The molecule has 106 valence electrons. The molecule has 1 fully saturated rings. The van der Waals surface area contributed by atoms with Gasteiger partial charge in [0.25, 0.3) is 0 Å². The van der Waals surface area contributed by atoms with Gasteiger partial charge in [0.15, 0.2) is 0 Å². The molecule has 0 radical (unpaired) electrons. The summed E-state index contributed by atoms with van der Waals surface area (Å²) < 4.78 is 5.99. The molecule has 0 aliphatic carbocycles. The molecule has 4 nitrogen and oxygen atoms in total. The van der Waals surface area contributed by atoms with Gasteiger partial charge in [-0.15, -0.1) is 0 Å². The van der Waals surface area contributed by atoms with Crippen LogP contribution in [0.15, 0.2) is 18.2 Å². The fourth-order valence-corrected chi connectivity index (χ4v) is 2.62. The van der Waals surface area contributed by atoms with E-state index in [1.807, 2.05) is 12.1 Å². The highest BCUT2D eigenvalue weighted by atomic mass is 16.5. The van der Waals surface area contributed by atoms with Gasteiger partial charge in [-0.3, -0.25) is 4.90 Å². The van der Waals surface area contributed by atoms with E-state index in [0.717, 1.165) is 12.1 Å². The van der Waals surface area contributed by atoms with Crippen molar-refractivity contribution in [2.75, 3.05) is 6.54 Å². The molecule has 1 aliphatic rings. The van der Waals surface area contributed by atoms with Gasteiger partial charge in [0, 0.05) is 17.6 Å². The lowest BCUT2D eigenvalue weighted by Crippen LogP contribution is -2.43. The first-order chi connectivity index (χ1) is 8.82. The smallest absolute Gasteiger partial charge is 0.121 e. The quantitative estimate of drug-likeness (QED) is 0.862. The Kier molecular flexibility index (Phi) is 3.85. The lowest BCUT2D eigenvalue weighted by molar-refractivity contribution is -0.0164. The maximum atomic E-state index is 9.60. The van der Waals surface area contributed by atoms with Gasteiger partial charge in [0.2, 0.25) is 0 Å². The van der Waals surface area contributed by atoms with Crippen molar-refractivity contribution in [3.05, 3.63) is 29.3 Å². The van der Waals surface area contributed by atoms with Crippen LogP contribution in [0.4, 0.5) is 0 Å². The maximum absolute atomic E-state index is 9.60. The molecule has 2 N–H and O–H groups in total. The van der Waals surface area contributed by atoms with Gasteiger partial charge < -0.3 is 14.9 Å². The normalized spacial score (nSPS) is 24.9. The zero-order chi connectivity index (χ0) is 14.2. The molecule has 1 saturated heterocycles. The van der Waals surface area contributed by atoms with E-state index in [1.54, 1.807) is 6.07 Å². The highest BCUT2D eigenvalue weighted by molar-refractivity contribution is 5.37. The predicted octanol–water partition coefficient (Wildman–Crippen LogP) is 2.40. The standard InChI is InChI=1S/C15H23NO3/c1-10-16(15(2,3)4)8-14(19-10)11-5-6-13(18)12(7-11)9-17/h5-7,10,14,17-18H,8-9H2,1-4H3. The summed E-state index contributed by atoms with van der Waals surface area (Å²) in [6.45, 7) is 9.23. The first-order valence-electron chi connectivity index (χ1n) is 6.68. The summed E-state index contributed by atoms with van der Waals surface area (Å²) in [4.78, 5) is 2.31. The summed E-state index contributed by atoms with van der Waals surface area (Å²) in [5.41, 5.74) is 1.61. The van der Waals surface area contributed by atoms with E-state index >= 15 is 0 Å². The average Bonchev–Trinajstić information content (AvgIpc) is 2.72. The van der Waals surface area contributed by atoms with Crippen LogP contribution in [0.25, 0.3) is 0 Å². The second kappa shape index (κ2) is 5.12. The second-order valence-electron chi connectivity index (χ2n) is 6.09. The van der Waals surface area contributed by atoms with Gasteiger partial charge in [0.05, 0.1) is 12.7 Å².